The smallest absolute Gasteiger partial charge is 0.129 e. The Morgan fingerprint density at radius 2 is 1.96 bits per heavy atom. The van der Waals surface area contributed by atoms with Gasteiger partial charge >= 0.3 is 0 Å². The molecule has 3 heterocycles. The van der Waals surface area contributed by atoms with Gasteiger partial charge in [-0.25, -0.2) is 4.98 Å². The third-order valence-corrected chi connectivity index (χ3v) is 6.01. The van der Waals surface area contributed by atoms with Crippen LogP contribution < -0.4 is 15.4 Å². The van der Waals surface area contributed by atoms with Crippen LogP contribution in [0.25, 0.3) is 0 Å². The molecule has 3 N–H and O–H groups in total. The maximum absolute atomic E-state index is 8.75. The average Bonchev–Trinajstić information content (AvgIpc) is 3.34. The molecule has 0 spiro atoms. The summed E-state index contributed by atoms with van der Waals surface area (Å²) in [6.45, 7) is 3.84. The van der Waals surface area contributed by atoms with Crippen LogP contribution in [0.4, 0.5) is 11.5 Å². The lowest BCUT2D eigenvalue weighted by Gasteiger charge is -2.33. The van der Waals surface area contributed by atoms with E-state index in [0.717, 1.165) is 55.9 Å². The maximum Gasteiger partial charge on any atom is 0.129 e. The van der Waals surface area contributed by atoms with Gasteiger partial charge in [-0.3, -0.25) is 5.41 Å². The molecule has 0 amide bonds. The zero-order chi connectivity index (χ0) is 19.3. The number of nitrogens with two attached hydrogens (primary N) is 1. The van der Waals surface area contributed by atoms with E-state index >= 15 is 0 Å². The first-order valence-electron chi connectivity index (χ1n) is 10.0. The first kappa shape index (κ1) is 17.5. The fourth-order valence-corrected chi connectivity index (χ4v) is 4.08. The number of nitrogen functional groups attached to an aromatic ring is 1. The van der Waals surface area contributed by atoms with E-state index in [4.69, 9.17) is 20.6 Å². The summed E-state index contributed by atoms with van der Waals surface area (Å²) in [4.78, 5) is 6.83. The number of aromatic nitrogens is 1. The Morgan fingerprint density at radius 1 is 1.21 bits per heavy atom. The number of fused-ring (bicyclic) bond motifs is 2. The molecular formula is C22H26N4O2. The van der Waals surface area contributed by atoms with Gasteiger partial charge in [0.2, 0.25) is 0 Å². The minimum absolute atomic E-state index is 0.0604. The number of anilines is 2. The summed E-state index contributed by atoms with van der Waals surface area (Å²) < 4.78 is 12.0. The molecule has 0 radical (unpaired) electrons. The quantitative estimate of drug-likeness (QED) is 0.615. The second-order valence-corrected chi connectivity index (χ2v) is 8.44. The second-order valence-electron chi connectivity index (χ2n) is 8.44. The number of nitrogens with one attached hydrogen (secondary N) is 1. The van der Waals surface area contributed by atoms with Gasteiger partial charge in [0.1, 0.15) is 17.2 Å². The highest BCUT2D eigenvalue weighted by molar-refractivity contribution is 6.14. The van der Waals surface area contributed by atoms with Crippen molar-refractivity contribution >= 4 is 17.2 Å². The minimum atomic E-state index is -0.0604. The highest BCUT2D eigenvalue weighted by Crippen LogP contribution is 2.40. The van der Waals surface area contributed by atoms with Crippen LogP contribution in [0.15, 0.2) is 36.5 Å². The van der Waals surface area contributed by atoms with Crippen molar-refractivity contribution in [3.05, 3.63) is 47.7 Å². The number of hydrogen-bond acceptors (Lipinski definition) is 6. The van der Waals surface area contributed by atoms with Crippen LogP contribution in [0.5, 0.6) is 5.75 Å². The Labute approximate surface area is 165 Å². The Morgan fingerprint density at radius 3 is 2.68 bits per heavy atom. The first-order valence-corrected chi connectivity index (χ1v) is 10.0. The van der Waals surface area contributed by atoms with Crippen LogP contribution in [-0.4, -0.2) is 41.6 Å². The van der Waals surface area contributed by atoms with E-state index < -0.39 is 0 Å². The van der Waals surface area contributed by atoms with Gasteiger partial charge in [0.15, 0.2) is 0 Å². The summed E-state index contributed by atoms with van der Waals surface area (Å²) >= 11 is 0. The van der Waals surface area contributed by atoms with E-state index in [1.54, 1.807) is 6.20 Å². The lowest BCUT2D eigenvalue weighted by Crippen LogP contribution is -2.43. The number of pyridine rings is 1. The molecule has 6 nitrogen and oxygen atoms in total. The number of benzene rings is 1. The Bertz CT molecular complexity index is 913. The molecule has 1 saturated carbocycles. The predicted octanol–water partition coefficient (Wildman–Crippen LogP) is 3.38. The second kappa shape index (κ2) is 6.48. The van der Waals surface area contributed by atoms with Crippen LogP contribution in [0.2, 0.25) is 0 Å². The molecule has 3 fully saturated rings. The largest absolute Gasteiger partial charge is 0.488 e. The van der Waals surface area contributed by atoms with Crippen molar-refractivity contribution in [2.24, 2.45) is 0 Å². The van der Waals surface area contributed by atoms with Gasteiger partial charge in [0, 0.05) is 36.1 Å². The monoisotopic (exact) mass is 378 g/mol. The van der Waals surface area contributed by atoms with Crippen molar-refractivity contribution in [2.45, 2.75) is 50.4 Å². The summed E-state index contributed by atoms with van der Waals surface area (Å²) in [6.07, 6.45) is 6.77. The summed E-state index contributed by atoms with van der Waals surface area (Å²) in [7, 11) is 0. The molecule has 1 aromatic heterocycles. The molecule has 2 aromatic rings. The molecule has 2 bridgehead atoms. The predicted molar refractivity (Wildman–Crippen MR) is 109 cm³/mol. The van der Waals surface area contributed by atoms with Gasteiger partial charge in [0.25, 0.3) is 0 Å². The molecule has 28 heavy (non-hydrogen) atoms. The van der Waals surface area contributed by atoms with Crippen molar-refractivity contribution in [3.8, 4) is 5.75 Å². The van der Waals surface area contributed by atoms with E-state index in [2.05, 4.69) is 16.8 Å². The van der Waals surface area contributed by atoms with Crippen LogP contribution >= 0.6 is 0 Å². The number of rotatable bonds is 5. The molecule has 1 aliphatic carbocycles. The molecular weight excluding hydrogens is 352 g/mol. The lowest BCUT2D eigenvalue weighted by atomic mass is 10.0. The Kier molecular flexibility index (Phi) is 4.05. The van der Waals surface area contributed by atoms with Crippen LogP contribution in [-0.2, 0) is 4.74 Å². The van der Waals surface area contributed by atoms with Crippen LogP contribution in [0, 0.1) is 5.41 Å². The van der Waals surface area contributed by atoms with Gasteiger partial charge in [-0.05, 0) is 62.9 Å². The van der Waals surface area contributed by atoms with Gasteiger partial charge in [-0.1, -0.05) is 0 Å². The SMILES string of the molecule is CC1(Oc2ccc(N)c(C(=N)c3ccnc(N4CC5CCC(C4)O5)c3)c2)CC1. The fraction of sp³-hybridized carbons (Fsp3) is 0.455. The van der Waals surface area contributed by atoms with Crippen molar-refractivity contribution < 1.29 is 9.47 Å². The summed E-state index contributed by atoms with van der Waals surface area (Å²) in [5, 5.41) is 8.75. The van der Waals surface area contributed by atoms with Crippen molar-refractivity contribution in [3.63, 3.8) is 0 Å². The highest BCUT2D eigenvalue weighted by atomic mass is 16.5. The number of ether oxygens (including phenoxy) is 2. The zero-order valence-electron chi connectivity index (χ0n) is 16.1. The third-order valence-electron chi connectivity index (χ3n) is 6.01. The standard InChI is InChI=1S/C22H26N4O2/c1-22(7-8-22)28-15-4-5-19(23)18(11-15)21(24)14-6-9-25-20(10-14)26-12-16-2-3-17(13-26)27-16/h4-6,9-11,16-17,24H,2-3,7-8,12-13,23H2,1H3. The lowest BCUT2D eigenvalue weighted by molar-refractivity contribution is 0.0302. The summed E-state index contributed by atoms with van der Waals surface area (Å²) in [6, 6.07) is 9.46. The highest BCUT2D eigenvalue weighted by Gasteiger charge is 2.40. The Hall–Kier alpha value is -2.60. The van der Waals surface area contributed by atoms with Crippen LogP contribution in [0.3, 0.4) is 0 Å². The maximum atomic E-state index is 8.75. The number of morpholine rings is 1. The normalized spacial score (nSPS) is 24.8. The molecule has 6 heteroatoms. The van der Waals surface area contributed by atoms with Crippen molar-refractivity contribution in [2.75, 3.05) is 23.7 Å². The van der Waals surface area contributed by atoms with Crippen LogP contribution in [0.1, 0.15) is 43.7 Å². The Balaban J connectivity index is 1.40. The molecule has 2 unspecified atom stereocenters. The minimum Gasteiger partial charge on any atom is -0.488 e. The van der Waals surface area contributed by atoms with Gasteiger partial charge < -0.3 is 20.1 Å². The van der Waals surface area contributed by atoms with Crippen molar-refractivity contribution in [1.82, 2.24) is 4.98 Å². The van der Waals surface area contributed by atoms with E-state index in [1.807, 2.05) is 30.3 Å². The molecule has 146 valence electrons. The number of hydrogen-bond donors (Lipinski definition) is 2. The summed E-state index contributed by atoms with van der Waals surface area (Å²) in [5.41, 5.74) is 8.62. The van der Waals surface area contributed by atoms with E-state index in [0.29, 0.717) is 29.2 Å². The van der Waals surface area contributed by atoms with E-state index in [1.165, 1.54) is 0 Å². The summed E-state index contributed by atoms with van der Waals surface area (Å²) in [5.74, 6) is 1.67. The fourth-order valence-electron chi connectivity index (χ4n) is 4.08. The van der Waals surface area contributed by atoms with Crippen molar-refractivity contribution in [1.29, 1.82) is 5.41 Å². The molecule has 2 saturated heterocycles. The molecule has 3 aliphatic rings. The molecule has 2 atom stereocenters. The molecule has 2 aliphatic heterocycles. The third kappa shape index (κ3) is 3.33. The number of nitrogens with zero attached hydrogens (tertiary/aromatic N) is 2. The van der Waals surface area contributed by atoms with Gasteiger partial charge in [0.05, 0.1) is 17.9 Å². The zero-order valence-corrected chi connectivity index (χ0v) is 16.1. The first-order chi connectivity index (χ1) is 13.5. The van der Waals surface area contributed by atoms with Gasteiger partial charge in [-0.15, -0.1) is 0 Å². The van der Waals surface area contributed by atoms with E-state index in [9.17, 15) is 0 Å². The molecule has 1 aromatic carbocycles. The van der Waals surface area contributed by atoms with E-state index in [-0.39, 0.29) is 5.60 Å². The average molecular weight is 378 g/mol. The van der Waals surface area contributed by atoms with Gasteiger partial charge in [-0.2, -0.15) is 0 Å². The molecule has 5 rings (SSSR count). The topological polar surface area (TPSA) is 84.5 Å².